The van der Waals surface area contributed by atoms with Crippen LogP contribution in [0.15, 0.2) is 11.6 Å². The predicted molar refractivity (Wildman–Crippen MR) is 179 cm³/mol. The molecule has 266 valence electrons. The van der Waals surface area contributed by atoms with Crippen LogP contribution in [-0.4, -0.2) is 55.2 Å². The second-order valence-corrected chi connectivity index (χ2v) is 16.7. The lowest BCUT2D eigenvalue weighted by Crippen LogP contribution is -2.55. The number of carbonyl (C=O) groups excluding carboxylic acids is 3. The Labute approximate surface area is 283 Å². The molecule has 4 aliphatic carbocycles. The lowest BCUT2D eigenvalue weighted by molar-refractivity contribution is -0.278. The van der Waals surface area contributed by atoms with Gasteiger partial charge in [0.05, 0.1) is 6.10 Å². The van der Waals surface area contributed by atoms with Crippen molar-refractivity contribution in [3.8, 4) is 0 Å². The third-order valence-electron chi connectivity index (χ3n) is 13.2. The van der Waals surface area contributed by atoms with E-state index in [0.717, 1.165) is 54.8 Å². The van der Waals surface area contributed by atoms with Crippen LogP contribution < -0.4 is 0 Å². The monoisotopic (exact) mass is 658 g/mol. The molecule has 0 spiro atoms. The minimum absolute atomic E-state index is 0.0232. The number of hydrogen-bond donors (Lipinski definition) is 0. The Morgan fingerprint density at radius 2 is 1.66 bits per heavy atom. The average molecular weight is 659 g/mol. The highest BCUT2D eigenvalue weighted by Crippen LogP contribution is 2.67. The number of carbonyl (C=O) groups is 3. The van der Waals surface area contributed by atoms with Crippen molar-refractivity contribution in [3.05, 3.63) is 11.6 Å². The molecule has 0 radical (unpaired) electrons. The molecule has 12 atom stereocenters. The van der Waals surface area contributed by atoms with Crippen LogP contribution >= 0.6 is 0 Å². The number of allylic oxidation sites excluding steroid dienone is 1. The van der Waals surface area contributed by atoms with E-state index in [-0.39, 0.29) is 24.5 Å². The van der Waals surface area contributed by atoms with Crippen LogP contribution in [0.25, 0.3) is 0 Å². The maximum atomic E-state index is 12.0. The third kappa shape index (κ3) is 7.95. The quantitative estimate of drug-likeness (QED) is 0.125. The predicted octanol–water partition coefficient (Wildman–Crippen LogP) is 7.95. The molecule has 5 rings (SSSR count). The van der Waals surface area contributed by atoms with Crippen LogP contribution in [0.5, 0.6) is 0 Å². The molecule has 0 aromatic rings. The van der Waals surface area contributed by atoms with Crippen LogP contribution in [0.1, 0.15) is 132 Å². The van der Waals surface area contributed by atoms with Crippen molar-refractivity contribution in [2.45, 2.75) is 163 Å². The van der Waals surface area contributed by atoms with Crippen molar-refractivity contribution in [1.29, 1.82) is 0 Å². The smallest absolute Gasteiger partial charge is 0.303 e. The maximum absolute atomic E-state index is 12.0. The van der Waals surface area contributed by atoms with E-state index in [1.54, 1.807) is 0 Å². The zero-order valence-electron chi connectivity index (χ0n) is 30.4. The van der Waals surface area contributed by atoms with Gasteiger partial charge in [-0.3, -0.25) is 14.4 Å². The van der Waals surface area contributed by atoms with Gasteiger partial charge in [0.15, 0.2) is 12.4 Å². The van der Waals surface area contributed by atoms with Gasteiger partial charge in [0.1, 0.15) is 18.8 Å². The normalized spacial score (nSPS) is 40.4. The molecule has 0 aromatic carbocycles. The maximum Gasteiger partial charge on any atom is 0.303 e. The molecule has 8 heteroatoms. The fourth-order valence-electron chi connectivity index (χ4n) is 11.0. The van der Waals surface area contributed by atoms with Crippen molar-refractivity contribution in [1.82, 2.24) is 0 Å². The summed E-state index contributed by atoms with van der Waals surface area (Å²) in [5, 5.41) is 0. The van der Waals surface area contributed by atoms with E-state index in [1.807, 2.05) is 0 Å². The molecule has 0 aromatic heterocycles. The van der Waals surface area contributed by atoms with E-state index < -0.39 is 42.5 Å². The highest BCUT2D eigenvalue weighted by molar-refractivity contribution is 5.67. The summed E-state index contributed by atoms with van der Waals surface area (Å²) in [6.45, 7) is 16.2. The fraction of sp³-hybridized carbons (Fsp3) is 0.872. The van der Waals surface area contributed by atoms with Crippen LogP contribution in [-0.2, 0) is 38.1 Å². The summed E-state index contributed by atoms with van der Waals surface area (Å²) < 4.78 is 29.2. The molecule has 47 heavy (non-hydrogen) atoms. The molecule has 4 fully saturated rings. The number of hydrogen-bond acceptors (Lipinski definition) is 8. The van der Waals surface area contributed by atoms with Gasteiger partial charge in [0, 0.05) is 27.2 Å². The minimum atomic E-state index is -0.890. The molecular formula is C39H62O8. The fourth-order valence-corrected chi connectivity index (χ4v) is 11.0. The van der Waals surface area contributed by atoms with Gasteiger partial charge >= 0.3 is 17.9 Å². The van der Waals surface area contributed by atoms with Gasteiger partial charge in [-0.15, -0.1) is 0 Å². The Morgan fingerprint density at radius 1 is 0.915 bits per heavy atom. The van der Waals surface area contributed by atoms with Crippen LogP contribution in [0.2, 0.25) is 0 Å². The summed E-state index contributed by atoms with van der Waals surface area (Å²) in [4.78, 5) is 35.5. The van der Waals surface area contributed by atoms with Crippen LogP contribution in [0.4, 0.5) is 0 Å². The lowest BCUT2D eigenvalue weighted by Gasteiger charge is -2.58. The van der Waals surface area contributed by atoms with Gasteiger partial charge in [-0.1, -0.05) is 65.5 Å². The molecule has 0 N–H and O–H groups in total. The average Bonchev–Trinajstić information content (AvgIpc) is 3.34. The Balaban J connectivity index is 1.24. The number of esters is 3. The number of ether oxygens (including phenoxy) is 5. The molecule has 0 amide bonds. The molecule has 0 bridgehead atoms. The second kappa shape index (κ2) is 14.9. The Kier molecular flexibility index (Phi) is 11.5. The summed E-state index contributed by atoms with van der Waals surface area (Å²) in [7, 11) is 0. The SMILES string of the molecule is CC(=O)OC[C@H]1O[C@H](OC2CC[C@@]3(C)C(=CC[C@H]4[C@@H]5CC[C@H]([C@H](C)CCCC(C)C)[C@@]5(C)CC[C@@H]43)C2)C[C@@H](OC(C)=O)[C@H]1OC(C)=O. The highest BCUT2D eigenvalue weighted by Gasteiger charge is 2.59. The van der Waals surface area contributed by atoms with Gasteiger partial charge in [-0.25, -0.2) is 0 Å². The highest BCUT2D eigenvalue weighted by atomic mass is 16.7. The topological polar surface area (TPSA) is 97.4 Å². The third-order valence-corrected chi connectivity index (χ3v) is 13.2. The van der Waals surface area contributed by atoms with E-state index in [4.69, 9.17) is 23.7 Å². The van der Waals surface area contributed by atoms with E-state index in [9.17, 15) is 14.4 Å². The van der Waals surface area contributed by atoms with E-state index in [1.165, 1.54) is 77.7 Å². The van der Waals surface area contributed by atoms with E-state index in [0.29, 0.717) is 5.41 Å². The van der Waals surface area contributed by atoms with Gasteiger partial charge in [-0.05, 0) is 97.7 Å². The lowest BCUT2D eigenvalue weighted by atomic mass is 9.47. The van der Waals surface area contributed by atoms with E-state index >= 15 is 0 Å². The molecule has 8 nitrogen and oxygen atoms in total. The van der Waals surface area contributed by atoms with Crippen molar-refractivity contribution < 1.29 is 38.1 Å². The van der Waals surface area contributed by atoms with Gasteiger partial charge in [0.2, 0.25) is 0 Å². The molecule has 1 heterocycles. The molecule has 3 saturated carbocycles. The van der Waals surface area contributed by atoms with E-state index in [2.05, 4.69) is 40.7 Å². The first-order chi connectivity index (χ1) is 22.2. The van der Waals surface area contributed by atoms with Gasteiger partial charge in [-0.2, -0.15) is 0 Å². The first-order valence-electron chi connectivity index (χ1n) is 18.7. The molecular weight excluding hydrogens is 596 g/mol. The summed E-state index contributed by atoms with van der Waals surface area (Å²) >= 11 is 0. The van der Waals surface area contributed by atoms with Crippen molar-refractivity contribution >= 4 is 17.9 Å². The molecule has 1 aliphatic heterocycles. The van der Waals surface area contributed by atoms with Gasteiger partial charge < -0.3 is 23.7 Å². The molecule has 1 unspecified atom stereocenters. The summed E-state index contributed by atoms with van der Waals surface area (Å²) in [5.74, 6) is 3.34. The Bertz CT molecular complexity index is 1160. The Hall–Kier alpha value is -1.93. The second-order valence-electron chi connectivity index (χ2n) is 16.7. The van der Waals surface area contributed by atoms with Crippen molar-refractivity contribution in [3.63, 3.8) is 0 Å². The minimum Gasteiger partial charge on any atom is -0.463 e. The van der Waals surface area contributed by atoms with Crippen LogP contribution in [0, 0.1) is 46.3 Å². The first-order valence-corrected chi connectivity index (χ1v) is 18.7. The van der Waals surface area contributed by atoms with Gasteiger partial charge in [0.25, 0.3) is 0 Å². The standard InChI is InChI=1S/C39H62O8/c1-23(2)10-9-11-24(3)31-14-15-32-30-13-12-28-20-29(16-18-38(28,7)33(30)17-19-39(31,32)8)46-36-21-34(44-26(5)41)37(45-27(6)42)35(47-36)22-43-25(4)40/h12,23-24,29-37H,9-11,13-22H2,1-8H3/t24-,29?,30+,31-,32+,33+,34-,35-,36+,37-,38+,39-/m1/s1. The zero-order valence-corrected chi connectivity index (χ0v) is 30.4. The summed E-state index contributed by atoms with van der Waals surface area (Å²) in [5.41, 5.74) is 2.22. The summed E-state index contributed by atoms with van der Waals surface area (Å²) in [6, 6.07) is 0. The number of fused-ring (bicyclic) bond motifs is 5. The molecule has 5 aliphatic rings. The Morgan fingerprint density at radius 3 is 2.34 bits per heavy atom. The zero-order chi connectivity index (χ0) is 34.1. The largest absolute Gasteiger partial charge is 0.463 e. The van der Waals surface area contributed by atoms with Crippen molar-refractivity contribution in [2.75, 3.05) is 6.61 Å². The first kappa shape index (κ1) is 36.4. The molecule has 1 saturated heterocycles. The van der Waals surface area contributed by atoms with Crippen molar-refractivity contribution in [2.24, 2.45) is 46.3 Å². The number of rotatable bonds is 11. The summed E-state index contributed by atoms with van der Waals surface area (Å²) in [6.07, 6.45) is 13.3. The van der Waals surface area contributed by atoms with Crippen LogP contribution in [0.3, 0.4) is 0 Å².